The molecule has 0 saturated heterocycles. The van der Waals surface area contributed by atoms with Crippen LogP contribution in [0.4, 0.5) is 18.9 Å². The molecule has 2 aromatic heterocycles. The molecule has 0 aliphatic carbocycles. The molecule has 0 spiro atoms. The number of nitrogens with one attached hydrogen (secondary N) is 1. The van der Waals surface area contributed by atoms with E-state index in [9.17, 15) is 18.0 Å². The van der Waals surface area contributed by atoms with Crippen LogP contribution in [-0.4, -0.2) is 15.5 Å². The molecule has 4 nitrogen and oxygen atoms in total. The highest BCUT2D eigenvalue weighted by Crippen LogP contribution is 2.29. The van der Waals surface area contributed by atoms with Crippen molar-refractivity contribution in [1.82, 2.24) is 9.55 Å². The number of anilines is 1. The number of benzene rings is 1. The van der Waals surface area contributed by atoms with Crippen LogP contribution in [0.1, 0.15) is 23.6 Å². The Bertz CT molecular complexity index is 1000. The number of nitrogens with zero attached hydrogens (tertiary/aromatic N) is 2. The number of alkyl halides is 3. The van der Waals surface area contributed by atoms with Crippen molar-refractivity contribution in [2.45, 2.75) is 26.6 Å². The number of rotatable bonds is 4. The highest BCUT2D eigenvalue weighted by Gasteiger charge is 2.29. The summed E-state index contributed by atoms with van der Waals surface area (Å²) in [5.74, 6) is -0.236. The summed E-state index contributed by atoms with van der Waals surface area (Å²) in [4.78, 5) is 16.1. The maximum Gasteiger partial charge on any atom is 0.416 e. The summed E-state index contributed by atoms with van der Waals surface area (Å²) >= 11 is 0. The molecule has 0 bridgehead atoms. The quantitative estimate of drug-likeness (QED) is 0.660. The zero-order valence-corrected chi connectivity index (χ0v) is 14.8. The monoisotopic (exact) mass is 373 g/mol. The van der Waals surface area contributed by atoms with Crippen LogP contribution < -0.4 is 5.32 Å². The van der Waals surface area contributed by atoms with Gasteiger partial charge in [-0.3, -0.25) is 4.79 Å². The minimum absolute atomic E-state index is 0.236. The summed E-state index contributed by atoms with van der Waals surface area (Å²) in [5.41, 5.74) is 2.33. The highest BCUT2D eigenvalue weighted by atomic mass is 19.4. The van der Waals surface area contributed by atoms with E-state index >= 15 is 0 Å². The van der Waals surface area contributed by atoms with E-state index in [1.165, 1.54) is 18.2 Å². The van der Waals surface area contributed by atoms with Crippen molar-refractivity contribution in [2.75, 3.05) is 5.32 Å². The summed E-state index contributed by atoms with van der Waals surface area (Å²) < 4.78 is 39.9. The predicted octanol–water partition coefficient (Wildman–Crippen LogP) is 4.93. The number of halogens is 3. The van der Waals surface area contributed by atoms with Gasteiger partial charge in [0.05, 0.1) is 17.4 Å². The first-order chi connectivity index (χ1) is 12.8. The standard InChI is InChI=1S/C20H18F3N3O/c1-3-4-18(27)25-16-9-17-13(2)11-26(19(17)24-10-16)12-14-5-7-15(8-6-14)20(21,22)23/h3-11H,12H2,1-2H3,(H,25,27)/b4-3+. The first-order valence-electron chi connectivity index (χ1n) is 8.33. The largest absolute Gasteiger partial charge is 0.416 e. The van der Waals surface area contributed by atoms with Crippen molar-refractivity contribution < 1.29 is 18.0 Å². The number of hydrogen-bond donors (Lipinski definition) is 1. The topological polar surface area (TPSA) is 46.9 Å². The Labute approximate surface area is 154 Å². The zero-order valence-electron chi connectivity index (χ0n) is 14.8. The highest BCUT2D eigenvalue weighted by molar-refractivity contribution is 6.00. The fraction of sp³-hybridized carbons (Fsp3) is 0.200. The van der Waals surface area contributed by atoms with Gasteiger partial charge in [-0.15, -0.1) is 0 Å². The Morgan fingerprint density at radius 2 is 1.96 bits per heavy atom. The number of aryl methyl sites for hydroxylation is 1. The van der Waals surface area contributed by atoms with Gasteiger partial charge in [0.25, 0.3) is 0 Å². The Kier molecular flexibility index (Phi) is 5.03. The molecule has 0 aliphatic heterocycles. The molecule has 140 valence electrons. The van der Waals surface area contributed by atoms with E-state index in [4.69, 9.17) is 0 Å². The van der Waals surface area contributed by atoms with E-state index in [0.29, 0.717) is 17.9 Å². The smallest absolute Gasteiger partial charge is 0.328 e. The van der Waals surface area contributed by atoms with Crippen LogP contribution in [0.2, 0.25) is 0 Å². The Morgan fingerprint density at radius 1 is 1.26 bits per heavy atom. The fourth-order valence-electron chi connectivity index (χ4n) is 2.86. The van der Waals surface area contributed by atoms with Gasteiger partial charge < -0.3 is 9.88 Å². The van der Waals surface area contributed by atoms with Crippen LogP contribution in [0.5, 0.6) is 0 Å². The molecule has 0 unspecified atom stereocenters. The number of amides is 1. The molecule has 3 aromatic rings. The minimum Gasteiger partial charge on any atom is -0.328 e. The molecule has 0 aliphatic rings. The van der Waals surface area contributed by atoms with Crippen LogP contribution in [0.15, 0.2) is 54.9 Å². The molecule has 7 heteroatoms. The normalized spacial score (nSPS) is 12.0. The Balaban J connectivity index is 1.86. The third-order valence-electron chi connectivity index (χ3n) is 4.13. The fourth-order valence-corrected chi connectivity index (χ4v) is 2.86. The van der Waals surface area contributed by atoms with Gasteiger partial charge in [-0.05, 0) is 49.2 Å². The first-order valence-corrected chi connectivity index (χ1v) is 8.33. The van der Waals surface area contributed by atoms with Crippen molar-refractivity contribution in [1.29, 1.82) is 0 Å². The van der Waals surface area contributed by atoms with Crippen LogP contribution in [0.25, 0.3) is 11.0 Å². The third kappa shape index (κ3) is 4.19. The Hall–Kier alpha value is -3.09. The van der Waals surface area contributed by atoms with E-state index in [0.717, 1.165) is 28.6 Å². The lowest BCUT2D eigenvalue weighted by molar-refractivity contribution is -0.137. The van der Waals surface area contributed by atoms with Crippen molar-refractivity contribution in [3.05, 3.63) is 71.6 Å². The number of fused-ring (bicyclic) bond motifs is 1. The van der Waals surface area contributed by atoms with Gasteiger partial charge in [0, 0.05) is 18.1 Å². The summed E-state index contributed by atoms with van der Waals surface area (Å²) in [6.07, 6.45) is 2.18. The van der Waals surface area contributed by atoms with Gasteiger partial charge in [0.15, 0.2) is 0 Å². The number of pyridine rings is 1. The van der Waals surface area contributed by atoms with Gasteiger partial charge in [-0.1, -0.05) is 18.2 Å². The van der Waals surface area contributed by atoms with Crippen molar-refractivity contribution in [3.8, 4) is 0 Å². The average molecular weight is 373 g/mol. The van der Waals surface area contributed by atoms with Crippen molar-refractivity contribution in [3.63, 3.8) is 0 Å². The van der Waals surface area contributed by atoms with Gasteiger partial charge >= 0.3 is 6.18 Å². The van der Waals surface area contributed by atoms with Crippen LogP contribution in [-0.2, 0) is 17.5 Å². The zero-order chi connectivity index (χ0) is 19.6. The summed E-state index contributed by atoms with van der Waals surface area (Å²) in [6.45, 7) is 4.08. The number of carbonyl (C=O) groups is 1. The number of aromatic nitrogens is 2. The molecule has 1 amide bonds. The molecule has 3 rings (SSSR count). The molecule has 1 N–H and O–H groups in total. The van der Waals surface area contributed by atoms with E-state index in [1.807, 2.05) is 23.8 Å². The minimum atomic E-state index is -4.34. The lowest BCUT2D eigenvalue weighted by Crippen LogP contribution is -2.08. The first kappa shape index (κ1) is 18.7. The molecule has 0 fully saturated rings. The molecular weight excluding hydrogens is 355 g/mol. The van der Waals surface area contributed by atoms with Gasteiger partial charge in [0.1, 0.15) is 5.65 Å². The Morgan fingerprint density at radius 3 is 2.59 bits per heavy atom. The SMILES string of the molecule is C/C=C/C(=O)Nc1cnc2c(c1)c(C)cn2Cc1ccc(C(F)(F)F)cc1. The predicted molar refractivity (Wildman–Crippen MR) is 98.5 cm³/mol. The van der Waals surface area contributed by atoms with Crippen LogP contribution in [0, 0.1) is 6.92 Å². The number of hydrogen-bond acceptors (Lipinski definition) is 2. The van der Waals surface area contributed by atoms with E-state index in [-0.39, 0.29) is 5.91 Å². The van der Waals surface area contributed by atoms with Gasteiger partial charge in [-0.25, -0.2) is 4.98 Å². The lowest BCUT2D eigenvalue weighted by Gasteiger charge is -2.09. The summed E-state index contributed by atoms with van der Waals surface area (Å²) in [7, 11) is 0. The van der Waals surface area contributed by atoms with Crippen LogP contribution in [0.3, 0.4) is 0 Å². The van der Waals surface area contributed by atoms with Crippen molar-refractivity contribution in [2.24, 2.45) is 0 Å². The van der Waals surface area contributed by atoms with Crippen LogP contribution >= 0.6 is 0 Å². The second-order valence-corrected chi connectivity index (χ2v) is 6.22. The molecule has 1 aromatic carbocycles. The number of allylic oxidation sites excluding steroid dienone is 1. The molecule has 27 heavy (non-hydrogen) atoms. The van der Waals surface area contributed by atoms with Crippen molar-refractivity contribution >= 4 is 22.6 Å². The van der Waals surface area contributed by atoms with E-state index < -0.39 is 11.7 Å². The second kappa shape index (κ2) is 7.26. The average Bonchev–Trinajstić information content (AvgIpc) is 2.90. The van der Waals surface area contributed by atoms with E-state index in [2.05, 4.69) is 10.3 Å². The lowest BCUT2D eigenvalue weighted by atomic mass is 10.1. The molecule has 0 atom stereocenters. The van der Waals surface area contributed by atoms with Gasteiger partial charge in [0.2, 0.25) is 5.91 Å². The molecule has 2 heterocycles. The number of carbonyl (C=O) groups excluding carboxylic acids is 1. The summed E-state index contributed by atoms with van der Waals surface area (Å²) in [6, 6.07) is 6.93. The maximum atomic E-state index is 12.7. The van der Waals surface area contributed by atoms with E-state index in [1.54, 1.807) is 19.2 Å². The molecule has 0 radical (unpaired) electrons. The molecule has 0 saturated carbocycles. The maximum absolute atomic E-state index is 12.7. The van der Waals surface area contributed by atoms with Gasteiger partial charge in [-0.2, -0.15) is 13.2 Å². The third-order valence-corrected chi connectivity index (χ3v) is 4.13. The molecular formula is C20H18F3N3O. The summed E-state index contributed by atoms with van der Waals surface area (Å²) in [5, 5.41) is 3.61. The second-order valence-electron chi connectivity index (χ2n) is 6.22.